The Morgan fingerprint density at radius 3 is 2.42 bits per heavy atom. The van der Waals surface area contributed by atoms with E-state index in [4.69, 9.17) is 10.8 Å². The molecule has 12 heavy (non-hydrogen) atoms. The second kappa shape index (κ2) is 4.32. The van der Waals surface area contributed by atoms with Crippen LogP contribution >= 0.6 is 0 Å². The molecule has 0 aromatic rings. The van der Waals surface area contributed by atoms with E-state index in [9.17, 15) is 14.7 Å². The number of carbonyl (C=O) groups excluding carboxylic acids is 1. The van der Waals surface area contributed by atoms with Gasteiger partial charge >= 0.3 is 5.97 Å². The average Bonchev–Trinajstić information content (AvgIpc) is 1.83. The summed E-state index contributed by atoms with van der Waals surface area (Å²) in [5.41, 5.74) is 4.73. The van der Waals surface area contributed by atoms with E-state index in [0.717, 1.165) is 6.92 Å². The van der Waals surface area contributed by atoms with E-state index >= 15 is 0 Å². The van der Waals surface area contributed by atoms with Crippen molar-refractivity contribution >= 4 is 17.8 Å². The van der Waals surface area contributed by atoms with Gasteiger partial charge in [-0.15, -0.1) is 0 Å². The number of nitrogens with zero attached hydrogens (tertiary/aromatic N) is 1. The van der Waals surface area contributed by atoms with Crippen LogP contribution in [0.3, 0.4) is 0 Å². The molecule has 0 aromatic carbocycles. The van der Waals surface area contributed by atoms with Crippen LogP contribution in [0.2, 0.25) is 0 Å². The molecule has 0 aliphatic rings. The minimum Gasteiger partial charge on any atom is -0.862 e. The number of rotatable bonds is 4. The number of nitrogens with two attached hydrogens (primary N) is 1. The highest BCUT2D eigenvalue weighted by atomic mass is 16.4. The number of hydrogen-bond acceptors (Lipinski definition) is 4. The Morgan fingerprint density at radius 1 is 1.67 bits per heavy atom. The summed E-state index contributed by atoms with van der Waals surface area (Å²) in [4.78, 5) is 23.8. The lowest BCUT2D eigenvalue weighted by molar-refractivity contribution is -0.216. The van der Waals surface area contributed by atoms with Gasteiger partial charge in [0.1, 0.15) is 0 Å². The van der Waals surface area contributed by atoms with Gasteiger partial charge in [0.2, 0.25) is 5.91 Å². The lowest BCUT2D eigenvalue weighted by atomic mass is 10.2. The summed E-state index contributed by atoms with van der Waals surface area (Å²) >= 11 is 0. The van der Waals surface area contributed by atoms with Gasteiger partial charge in [0.05, 0.1) is 6.42 Å². The van der Waals surface area contributed by atoms with Gasteiger partial charge in [-0.1, -0.05) is 0 Å². The largest absolute Gasteiger partial charge is 0.862 e. The summed E-state index contributed by atoms with van der Waals surface area (Å²) < 4.78 is 0. The van der Waals surface area contributed by atoms with Gasteiger partial charge in [0.25, 0.3) is 0 Å². The van der Waals surface area contributed by atoms with E-state index in [1.54, 1.807) is 0 Å². The molecule has 6 heteroatoms. The number of aliphatic imine (C=N–C) groups is 1. The molecule has 0 aliphatic carbocycles. The van der Waals surface area contributed by atoms with Gasteiger partial charge < -0.3 is 15.9 Å². The molecule has 0 aromatic heterocycles. The fraction of sp³-hybridized carbons (Fsp3) is 0.500. The highest BCUT2D eigenvalue weighted by molar-refractivity contribution is 5.85. The number of carboxylic acid groups (broad SMARTS) is 1. The summed E-state index contributed by atoms with van der Waals surface area (Å²) in [6.07, 6.45) is -0.449. The topological polar surface area (TPSA) is 116 Å². The van der Waals surface area contributed by atoms with Gasteiger partial charge in [-0.2, -0.15) is 0 Å². The number of carbonyl (C=O) groups is 2. The highest BCUT2D eigenvalue weighted by Gasteiger charge is 2.17. The molecule has 3 N–H and O–H groups in total. The Hall–Kier alpha value is -1.59. The van der Waals surface area contributed by atoms with Crippen molar-refractivity contribution in [3.05, 3.63) is 0 Å². The predicted octanol–water partition coefficient (Wildman–Crippen LogP) is -1.91. The molecule has 0 fully saturated rings. The Bertz CT molecular complexity index is 220. The van der Waals surface area contributed by atoms with Crippen molar-refractivity contribution in [3.63, 3.8) is 0 Å². The van der Waals surface area contributed by atoms with Crippen molar-refractivity contribution in [2.24, 2.45) is 10.7 Å². The monoisotopic (exact) mass is 173 g/mol. The first-order valence-electron chi connectivity index (χ1n) is 3.16. The highest BCUT2D eigenvalue weighted by Crippen LogP contribution is 1.97. The molecule has 0 saturated carbocycles. The third-order valence-electron chi connectivity index (χ3n) is 1.02. The van der Waals surface area contributed by atoms with E-state index in [-0.39, 0.29) is 0 Å². The van der Waals surface area contributed by atoms with E-state index in [1.165, 1.54) is 0 Å². The van der Waals surface area contributed by atoms with Crippen LogP contribution in [0.4, 0.5) is 0 Å². The van der Waals surface area contributed by atoms with Crippen LogP contribution in [0.1, 0.15) is 13.3 Å². The maximum absolute atomic E-state index is 10.4. The van der Waals surface area contributed by atoms with Crippen LogP contribution in [-0.2, 0) is 9.59 Å². The SMILES string of the molecule is CC([O-])=N[C@H](CC(N)=O)C(=O)O. The number of amides is 1. The van der Waals surface area contributed by atoms with E-state index in [2.05, 4.69) is 4.99 Å². The number of aliphatic carboxylic acids is 1. The van der Waals surface area contributed by atoms with Crippen LogP contribution in [0, 0.1) is 0 Å². The number of hydrogen-bond donors (Lipinski definition) is 2. The number of primary amides is 1. The molecule has 6 nitrogen and oxygen atoms in total. The smallest absolute Gasteiger partial charge is 0.328 e. The Morgan fingerprint density at radius 2 is 2.17 bits per heavy atom. The normalized spacial score (nSPS) is 13.9. The summed E-state index contributed by atoms with van der Waals surface area (Å²) in [7, 11) is 0. The second-order valence-corrected chi connectivity index (χ2v) is 2.17. The van der Waals surface area contributed by atoms with Crippen molar-refractivity contribution in [2.45, 2.75) is 19.4 Å². The third-order valence-corrected chi connectivity index (χ3v) is 1.02. The van der Waals surface area contributed by atoms with Gasteiger partial charge in [-0.3, -0.25) is 9.79 Å². The van der Waals surface area contributed by atoms with Gasteiger partial charge in [-0.05, 0) is 12.8 Å². The van der Waals surface area contributed by atoms with Crippen LogP contribution in [0.25, 0.3) is 0 Å². The molecule has 0 heterocycles. The molecule has 0 spiro atoms. The first kappa shape index (κ1) is 10.4. The molecular formula is C6H9N2O4-. The zero-order valence-corrected chi connectivity index (χ0v) is 6.48. The minimum absolute atomic E-state index is 0.449. The minimum atomic E-state index is -1.35. The molecule has 0 radical (unpaired) electrons. The van der Waals surface area contributed by atoms with Crippen LogP contribution in [-0.4, -0.2) is 28.9 Å². The number of carboxylic acids is 1. The Kier molecular flexibility index (Phi) is 3.75. The van der Waals surface area contributed by atoms with Crippen molar-refractivity contribution in [1.82, 2.24) is 0 Å². The third kappa shape index (κ3) is 4.26. The first-order valence-corrected chi connectivity index (χ1v) is 3.16. The molecule has 0 unspecified atom stereocenters. The molecule has 1 amide bonds. The standard InChI is InChI=1S/C6H10N2O4/c1-3(9)8-4(6(11)12)2-5(7)10/h4H,2H2,1H3,(H2,7,10)(H,8,9)(H,11,12)/p-1/t4-/m1/s1. The van der Waals surface area contributed by atoms with Gasteiger partial charge in [-0.25, -0.2) is 4.79 Å². The Balaban J connectivity index is 4.35. The Labute approximate surface area is 68.7 Å². The maximum atomic E-state index is 10.4. The molecular weight excluding hydrogens is 164 g/mol. The van der Waals surface area contributed by atoms with Gasteiger partial charge in [0, 0.05) is 0 Å². The quantitative estimate of drug-likeness (QED) is 0.381. The molecule has 1 atom stereocenters. The zero-order valence-electron chi connectivity index (χ0n) is 6.48. The summed E-state index contributed by atoms with van der Waals surface area (Å²) in [5, 5.41) is 18.8. The molecule has 0 bridgehead atoms. The second-order valence-electron chi connectivity index (χ2n) is 2.17. The molecule has 68 valence electrons. The first-order chi connectivity index (χ1) is 5.43. The van der Waals surface area contributed by atoms with Crippen molar-refractivity contribution in [2.75, 3.05) is 0 Å². The summed E-state index contributed by atoms with van der Waals surface area (Å²) in [6.45, 7) is 1.11. The molecule has 0 saturated heterocycles. The van der Waals surface area contributed by atoms with Crippen LogP contribution in [0.15, 0.2) is 4.99 Å². The maximum Gasteiger partial charge on any atom is 0.328 e. The summed E-state index contributed by atoms with van der Waals surface area (Å²) in [6, 6.07) is -1.35. The summed E-state index contributed by atoms with van der Waals surface area (Å²) in [5.74, 6) is -2.76. The van der Waals surface area contributed by atoms with Crippen molar-refractivity contribution in [3.8, 4) is 0 Å². The van der Waals surface area contributed by atoms with E-state index < -0.39 is 30.2 Å². The fourth-order valence-corrected chi connectivity index (χ4v) is 0.598. The predicted molar refractivity (Wildman–Crippen MR) is 38.3 cm³/mol. The molecule has 0 rings (SSSR count). The molecule has 0 aliphatic heterocycles. The fourth-order valence-electron chi connectivity index (χ4n) is 0.598. The van der Waals surface area contributed by atoms with E-state index in [0.29, 0.717) is 0 Å². The van der Waals surface area contributed by atoms with Crippen molar-refractivity contribution < 1.29 is 19.8 Å². The van der Waals surface area contributed by atoms with E-state index in [1.807, 2.05) is 0 Å². The lowest BCUT2D eigenvalue weighted by Gasteiger charge is -2.08. The lowest BCUT2D eigenvalue weighted by Crippen LogP contribution is -2.28. The average molecular weight is 173 g/mol. The van der Waals surface area contributed by atoms with Crippen LogP contribution in [0.5, 0.6) is 0 Å². The van der Waals surface area contributed by atoms with Crippen molar-refractivity contribution in [1.29, 1.82) is 0 Å². The van der Waals surface area contributed by atoms with Gasteiger partial charge in [0.15, 0.2) is 6.04 Å². The van der Waals surface area contributed by atoms with Crippen LogP contribution < -0.4 is 10.8 Å². The zero-order chi connectivity index (χ0) is 9.72.